The van der Waals surface area contributed by atoms with Crippen molar-refractivity contribution >= 4 is 0 Å². The molecule has 30 heavy (non-hydrogen) atoms. The maximum atomic E-state index is 14.1. The van der Waals surface area contributed by atoms with Gasteiger partial charge in [0.15, 0.2) is 11.5 Å². The van der Waals surface area contributed by atoms with Gasteiger partial charge in [-0.15, -0.1) is 0 Å². The first-order valence-corrected chi connectivity index (χ1v) is 9.52. The van der Waals surface area contributed by atoms with Crippen LogP contribution in [0.25, 0.3) is 11.5 Å². The largest absolute Gasteiger partial charge is 0.424 e. The highest BCUT2D eigenvalue weighted by Crippen LogP contribution is 2.33. The molecule has 0 saturated heterocycles. The summed E-state index contributed by atoms with van der Waals surface area (Å²) in [5.74, 6) is 0.253. The molecule has 0 bridgehead atoms. The third-order valence-electron chi connectivity index (χ3n) is 5.02. The van der Waals surface area contributed by atoms with Gasteiger partial charge in [0.05, 0.1) is 6.20 Å². The smallest absolute Gasteiger partial charge is 0.322 e. The van der Waals surface area contributed by atoms with Crippen LogP contribution in [0, 0.1) is 19.7 Å². The van der Waals surface area contributed by atoms with E-state index >= 15 is 0 Å². The zero-order valence-electron chi connectivity index (χ0n) is 17.2. The van der Waals surface area contributed by atoms with Gasteiger partial charge >= 0.3 is 6.01 Å². The summed E-state index contributed by atoms with van der Waals surface area (Å²) in [7, 11) is 0. The molecule has 2 aromatic carbocycles. The summed E-state index contributed by atoms with van der Waals surface area (Å²) in [6.07, 6.45) is 1.03. The fraction of sp³-hybridized carbons (Fsp3) is 0.217. The van der Waals surface area contributed by atoms with Gasteiger partial charge in [-0.05, 0) is 30.2 Å². The van der Waals surface area contributed by atoms with E-state index in [0.717, 1.165) is 11.8 Å². The molecule has 0 fully saturated rings. The third-order valence-corrected chi connectivity index (χ3v) is 5.02. The lowest BCUT2D eigenvalue weighted by molar-refractivity contribution is 0.393. The van der Waals surface area contributed by atoms with E-state index in [0.29, 0.717) is 11.6 Å². The predicted octanol–water partition coefficient (Wildman–Crippen LogP) is 5.40. The fourth-order valence-electron chi connectivity index (χ4n) is 3.13. The van der Waals surface area contributed by atoms with E-state index in [2.05, 4.69) is 65.1 Å². The molecule has 2 heterocycles. The van der Waals surface area contributed by atoms with Gasteiger partial charge in [-0.3, -0.25) is 0 Å². The number of aromatic nitrogens is 4. The van der Waals surface area contributed by atoms with E-state index in [9.17, 15) is 4.39 Å². The maximum absolute atomic E-state index is 14.1. The van der Waals surface area contributed by atoms with Gasteiger partial charge < -0.3 is 9.26 Å². The van der Waals surface area contributed by atoms with Gasteiger partial charge in [-0.2, -0.15) is 9.97 Å². The van der Waals surface area contributed by atoms with Gasteiger partial charge in [-0.25, -0.2) is 9.37 Å². The Balaban J connectivity index is 1.56. The summed E-state index contributed by atoms with van der Waals surface area (Å²) < 4.78 is 24.7. The van der Waals surface area contributed by atoms with E-state index < -0.39 is 5.82 Å². The Kier molecular flexibility index (Phi) is 5.03. The highest BCUT2D eigenvalue weighted by atomic mass is 19.1. The Morgan fingerprint density at radius 2 is 1.53 bits per heavy atom. The Bertz CT molecular complexity index is 1170. The lowest BCUT2D eigenvalue weighted by Crippen LogP contribution is -2.18. The standard InChI is InChI=1S/C23H21FN4O2/c1-14-5-7-16(8-6-14)23(3,4)17-9-11-18(12-10-17)29-22-25-13-19(24)20(27-22)21-26-15(2)30-28-21/h5-13H,1-4H3. The second-order valence-corrected chi connectivity index (χ2v) is 7.60. The number of nitrogens with zero attached hydrogens (tertiary/aromatic N) is 4. The van der Waals surface area contributed by atoms with Crippen LogP contribution in [0.2, 0.25) is 0 Å². The van der Waals surface area contributed by atoms with Gasteiger partial charge in [0.1, 0.15) is 5.75 Å². The van der Waals surface area contributed by atoms with Crippen molar-refractivity contribution in [3.63, 3.8) is 0 Å². The van der Waals surface area contributed by atoms with Crippen LogP contribution in [0.3, 0.4) is 0 Å². The minimum absolute atomic E-state index is 0.000558. The maximum Gasteiger partial charge on any atom is 0.322 e. The minimum atomic E-state index is -0.654. The molecule has 0 amide bonds. The van der Waals surface area contributed by atoms with Gasteiger partial charge in [0.25, 0.3) is 0 Å². The summed E-state index contributed by atoms with van der Waals surface area (Å²) in [5.41, 5.74) is 3.36. The molecular formula is C23H21FN4O2. The normalized spacial score (nSPS) is 11.5. The molecule has 0 atom stereocenters. The lowest BCUT2D eigenvalue weighted by atomic mass is 9.78. The highest BCUT2D eigenvalue weighted by Gasteiger charge is 2.23. The van der Waals surface area contributed by atoms with Crippen molar-refractivity contribution in [3.05, 3.63) is 83.1 Å². The monoisotopic (exact) mass is 404 g/mol. The average Bonchev–Trinajstić information content (AvgIpc) is 3.16. The van der Waals surface area contributed by atoms with E-state index in [4.69, 9.17) is 9.26 Å². The minimum Gasteiger partial charge on any atom is -0.424 e. The number of halogens is 1. The molecule has 0 N–H and O–H groups in total. The molecule has 0 spiro atoms. The van der Waals surface area contributed by atoms with Gasteiger partial charge in [0.2, 0.25) is 11.7 Å². The van der Waals surface area contributed by atoms with Gasteiger partial charge in [0, 0.05) is 12.3 Å². The topological polar surface area (TPSA) is 73.9 Å². The second-order valence-electron chi connectivity index (χ2n) is 7.60. The number of rotatable bonds is 5. The third kappa shape index (κ3) is 3.91. The highest BCUT2D eigenvalue weighted by molar-refractivity contribution is 5.49. The first kappa shape index (κ1) is 19.7. The van der Waals surface area contributed by atoms with E-state index in [1.165, 1.54) is 11.1 Å². The fourth-order valence-corrected chi connectivity index (χ4v) is 3.13. The molecule has 7 heteroatoms. The van der Waals surface area contributed by atoms with Crippen LogP contribution in [0.15, 0.2) is 59.3 Å². The van der Waals surface area contributed by atoms with Crippen LogP contribution >= 0.6 is 0 Å². The molecule has 152 valence electrons. The molecule has 0 unspecified atom stereocenters. The van der Waals surface area contributed by atoms with Crippen molar-refractivity contribution in [1.29, 1.82) is 0 Å². The summed E-state index contributed by atoms with van der Waals surface area (Å²) in [6, 6.07) is 16.2. The van der Waals surface area contributed by atoms with Crippen LogP contribution in [-0.2, 0) is 5.41 Å². The summed E-state index contributed by atoms with van der Waals surface area (Å²) in [4.78, 5) is 12.0. The van der Waals surface area contributed by atoms with E-state index in [1.54, 1.807) is 6.92 Å². The van der Waals surface area contributed by atoms with Crippen molar-refractivity contribution in [2.75, 3.05) is 0 Å². The molecule has 0 aliphatic carbocycles. The Morgan fingerprint density at radius 3 is 2.13 bits per heavy atom. The number of aryl methyl sites for hydroxylation is 2. The zero-order chi connectivity index (χ0) is 21.3. The van der Waals surface area contributed by atoms with Crippen LogP contribution in [0.5, 0.6) is 11.8 Å². The van der Waals surface area contributed by atoms with Gasteiger partial charge in [-0.1, -0.05) is 61.0 Å². The molecule has 0 radical (unpaired) electrons. The first-order valence-electron chi connectivity index (χ1n) is 9.52. The number of hydrogen-bond acceptors (Lipinski definition) is 6. The second kappa shape index (κ2) is 7.67. The molecule has 4 aromatic rings. The predicted molar refractivity (Wildman–Crippen MR) is 110 cm³/mol. The molecule has 0 aliphatic rings. The number of hydrogen-bond donors (Lipinski definition) is 0. The summed E-state index contributed by atoms with van der Waals surface area (Å²) >= 11 is 0. The SMILES string of the molecule is Cc1ccc(C(C)(C)c2ccc(Oc3ncc(F)c(-c4noc(C)n4)n3)cc2)cc1. The van der Waals surface area contributed by atoms with Crippen LogP contribution in [0.1, 0.15) is 36.4 Å². The van der Waals surface area contributed by atoms with E-state index in [-0.39, 0.29) is 22.9 Å². The number of ether oxygens (including phenoxy) is 1. The van der Waals surface area contributed by atoms with Crippen LogP contribution in [0.4, 0.5) is 4.39 Å². The Morgan fingerprint density at radius 1 is 0.900 bits per heavy atom. The molecule has 2 aromatic heterocycles. The molecule has 0 saturated carbocycles. The zero-order valence-corrected chi connectivity index (χ0v) is 17.2. The molecule has 4 rings (SSSR count). The van der Waals surface area contributed by atoms with Crippen molar-refractivity contribution in [2.24, 2.45) is 0 Å². The van der Waals surface area contributed by atoms with Crippen LogP contribution in [-0.4, -0.2) is 20.1 Å². The van der Waals surface area contributed by atoms with Crippen LogP contribution < -0.4 is 4.74 Å². The summed E-state index contributed by atoms with van der Waals surface area (Å²) in [5, 5.41) is 3.70. The number of benzene rings is 2. The van der Waals surface area contributed by atoms with Crippen molar-refractivity contribution in [3.8, 4) is 23.3 Å². The van der Waals surface area contributed by atoms with Crippen molar-refractivity contribution in [1.82, 2.24) is 20.1 Å². The van der Waals surface area contributed by atoms with Crippen molar-refractivity contribution < 1.29 is 13.7 Å². The van der Waals surface area contributed by atoms with E-state index in [1.807, 2.05) is 24.3 Å². The lowest BCUT2D eigenvalue weighted by Gasteiger charge is -2.26. The van der Waals surface area contributed by atoms with Crippen molar-refractivity contribution in [2.45, 2.75) is 33.1 Å². The Hall–Kier alpha value is -3.61. The quantitative estimate of drug-likeness (QED) is 0.443. The average molecular weight is 404 g/mol. The molecule has 6 nitrogen and oxygen atoms in total. The first-order chi connectivity index (χ1) is 14.3. The molecular weight excluding hydrogens is 383 g/mol. The molecule has 0 aliphatic heterocycles. The summed E-state index contributed by atoms with van der Waals surface area (Å²) in [6.45, 7) is 8.05. The Labute approximate surface area is 173 Å².